The van der Waals surface area contributed by atoms with Crippen molar-refractivity contribution < 1.29 is 9.90 Å². The molecular formula is C14H18ClNO2. The van der Waals surface area contributed by atoms with Crippen LogP contribution in [0.2, 0.25) is 5.02 Å². The number of hydrogen-bond acceptors (Lipinski definition) is 3. The number of nitrogens with zero attached hydrogens (tertiary/aromatic N) is 1. The Morgan fingerprint density at radius 2 is 2.17 bits per heavy atom. The van der Waals surface area contributed by atoms with Crippen molar-refractivity contribution in [1.29, 1.82) is 0 Å². The highest BCUT2D eigenvalue weighted by molar-refractivity contribution is 6.31. The fourth-order valence-electron chi connectivity index (χ4n) is 2.41. The van der Waals surface area contributed by atoms with Crippen molar-refractivity contribution in [3.05, 3.63) is 28.8 Å². The summed E-state index contributed by atoms with van der Waals surface area (Å²) >= 11 is 5.89. The van der Waals surface area contributed by atoms with Gasteiger partial charge in [0.05, 0.1) is 5.60 Å². The van der Waals surface area contributed by atoms with E-state index in [9.17, 15) is 9.90 Å². The monoisotopic (exact) mass is 267 g/mol. The molecule has 98 valence electrons. The van der Waals surface area contributed by atoms with Crippen molar-refractivity contribution in [2.45, 2.75) is 31.8 Å². The SMILES string of the molecule is CC1(O)CCCN(c2ccc(Cl)cc2C=O)CC1. The molecule has 1 unspecified atom stereocenters. The van der Waals surface area contributed by atoms with Crippen LogP contribution in [0.5, 0.6) is 0 Å². The van der Waals surface area contributed by atoms with Gasteiger partial charge in [-0.1, -0.05) is 11.6 Å². The number of halogens is 1. The largest absolute Gasteiger partial charge is 0.390 e. The number of carbonyl (C=O) groups is 1. The molecule has 0 aliphatic carbocycles. The molecular weight excluding hydrogens is 250 g/mol. The minimum absolute atomic E-state index is 0.572. The van der Waals surface area contributed by atoms with Crippen LogP contribution in [-0.4, -0.2) is 30.1 Å². The van der Waals surface area contributed by atoms with Gasteiger partial charge in [0, 0.05) is 29.4 Å². The fourth-order valence-corrected chi connectivity index (χ4v) is 2.59. The lowest BCUT2D eigenvalue weighted by Gasteiger charge is -2.25. The maximum Gasteiger partial charge on any atom is 0.152 e. The summed E-state index contributed by atoms with van der Waals surface area (Å²) in [6.07, 6.45) is 3.28. The summed E-state index contributed by atoms with van der Waals surface area (Å²) in [7, 11) is 0. The predicted octanol–water partition coefficient (Wildman–Crippen LogP) is 2.89. The zero-order valence-electron chi connectivity index (χ0n) is 10.5. The van der Waals surface area contributed by atoms with E-state index in [1.807, 2.05) is 13.0 Å². The van der Waals surface area contributed by atoms with Crippen LogP contribution < -0.4 is 4.90 Å². The van der Waals surface area contributed by atoms with E-state index in [2.05, 4.69) is 4.90 Å². The molecule has 1 atom stereocenters. The third kappa shape index (κ3) is 3.03. The Hall–Kier alpha value is -1.06. The molecule has 0 aromatic heterocycles. The molecule has 1 heterocycles. The third-order valence-corrected chi connectivity index (χ3v) is 3.76. The molecule has 0 saturated carbocycles. The van der Waals surface area contributed by atoms with Gasteiger partial charge in [0.1, 0.15) is 0 Å². The second-order valence-electron chi connectivity index (χ2n) is 5.16. The number of aliphatic hydroxyl groups is 1. The standard InChI is InChI=1S/C14H18ClNO2/c1-14(18)5-2-7-16(8-6-14)13-4-3-12(15)9-11(13)10-17/h3-4,9-10,18H,2,5-8H2,1H3. The van der Waals surface area contributed by atoms with E-state index in [0.29, 0.717) is 17.0 Å². The summed E-state index contributed by atoms with van der Waals surface area (Å²) in [5, 5.41) is 10.6. The smallest absolute Gasteiger partial charge is 0.152 e. The van der Waals surface area contributed by atoms with Crippen molar-refractivity contribution in [2.75, 3.05) is 18.0 Å². The van der Waals surface area contributed by atoms with E-state index in [1.54, 1.807) is 12.1 Å². The molecule has 18 heavy (non-hydrogen) atoms. The Balaban J connectivity index is 2.23. The van der Waals surface area contributed by atoms with Gasteiger partial charge in [0.2, 0.25) is 0 Å². The van der Waals surface area contributed by atoms with Crippen LogP contribution in [0.25, 0.3) is 0 Å². The molecule has 0 amide bonds. The molecule has 1 aliphatic heterocycles. The van der Waals surface area contributed by atoms with Crippen molar-refractivity contribution in [3.63, 3.8) is 0 Å². The Labute approximate surface area is 112 Å². The molecule has 1 aromatic carbocycles. The molecule has 1 saturated heterocycles. The van der Waals surface area contributed by atoms with Gasteiger partial charge < -0.3 is 10.0 Å². The summed E-state index contributed by atoms with van der Waals surface area (Å²) in [6.45, 7) is 3.49. The highest BCUT2D eigenvalue weighted by atomic mass is 35.5. The quantitative estimate of drug-likeness (QED) is 0.838. The van der Waals surface area contributed by atoms with Crippen molar-refractivity contribution in [2.24, 2.45) is 0 Å². The highest BCUT2D eigenvalue weighted by Crippen LogP contribution is 2.28. The predicted molar refractivity (Wildman–Crippen MR) is 73.5 cm³/mol. The second-order valence-corrected chi connectivity index (χ2v) is 5.59. The second kappa shape index (κ2) is 5.29. The molecule has 4 heteroatoms. The molecule has 1 fully saturated rings. The van der Waals surface area contributed by atoms with Gasteiger partial charge in [-0.3, -0.25) is 4.79 Å². The minimum Gasteiger partial charge on any atom is -0.390 e. The van der Waals surface area contributed by atoms with Crippen LogP contribution in [0, 0.1) is 0 Å². The van der Waals surface area contributed by atoms with Gasteiger partial charge >= 0.3 is 0 Å². The summed E-state index contributed by atoms with van der Waals surface area (Å²) < 4.78 is 0. The first kappa shape index (κ1) is 13.4. The average Bonchev–Trinajstić information content (AvgIpc) is 2.50. The molecule has 0 spiro atoms. The van der Waals surface area contributed by atoms with Gasteiger partial charge in [-0.05, 0) is 44.4 Å². The molecule has 0 radical (unpaired) electrons. The lowest BCUT2D eigenvalue weighted by molar-refractivity contribution is 0.0481. The third-order valence-electron chi connectivity index (χ3n) is 3.52. The lowest BCUT2D eigenvalue weighted by atomic mass is 9.98. The Bertz CT molecular complexity index is 445. The summed E-state index contributed by atoms with van der Waals surface area (Å²) in [6, 6.07) is 5.37. The molecule has 1 aromatic rings. The normalized spacial score (nSPS) is 24.7. The molecule has 3 nitrogen and oxygen atoms in total. The molecule has 2 rings (SSSR count). The topological polar surface area (TPSA) is 40.5 Å². The van der Waals surface area contributed by atoms with Crippen molar-refractivity contribution >= 4 is 23.6 Å². The van der Waals surface area contributed by atoms with Crippen molar-refractivity contribution in [3.8, 4) is 0 Å². The Morgan fingerprint density at radius 3 is 2.89 bits per heavy atom. The summed E-state index contributed by atoms with van der Waals surface area (Å²) in [5.74, 6) is 0. The van der Waals surface area contributed by atoms with E-state index in [1.165, 1.54) is 0 Å². The average molecular weight is 268 g/mol. The van der Waals surface area contributed by atoms with Crippen molar-refractivity contribution in [1.82, 2.24) is 0 Å². The van der Waals surface area contributed by atoms with Crippen LogP contribution in [0.4, 0.5) is 5.69 Å². The summed E-state index contributed by atoms with van der Waals surface area (Å²) in [4.78, 5) is 13.3. The number of rotatable bonds is 2. The van der Waals surface area contributed by atoms with Crippen LogP contribution in [0.15, 0.2) is 18.2 Å². The number of carbonyl (C=O) groups excluding carboxylic acids is 1. The van der Waals surface area contributed by atoms with Crippen LogP contribution in [0.3, 0.4) is 0 Å². The van der Waals surface area contributed by atoms with E-state index in [-0.39, 0.29) is 0 Å². The maximum absolute atomic E-state index is 11.1. The first-order valence-electron chi connectivity index (χ1n) is 6.24. The van der Waals surface area contributed by atoms with Crippen LogP contribution >= 0.6 is 11.6 Å². The highest BCUT2D eigenvalue weighted by Gasteiger charge is 2.25. The van der Waals surface area contributed by atoms with Gasteiger partial charge in [0.25, 0.3) is 0 Å². The lowest BCUT2D eigenvalue weighted by Crippen LogP contribution is -2.28. The molecule has 0 bridgehead atoms. The summed E-state index contributed by atoms with van der Waals surface area (Å²) in [5.41, 5.74) is 0.929. The molecule has 1 N–H and O–H groups in total. The Morgan fingerprint density at radius 1 is 1.39 bits per heavy atom. The fraction of sp³-hybridized carbons (Fsp3) is 0.500. The van der Waals surface area contributed by atoms with Gasteiger partial charge in [-0.25, -0.2) is 0 Å². The number of anilines is 1. The van der Waals surface area contributed by atoms with Gasteiger partial charge in [0.15, 0.2) is 6.29 Å². The van der Waals surface area contributed by atoms with Gasteiger partial charge in [-0.2, -0.15) is 0 Å². The van der Waals surface area contributed by atoms with E-state index < -0.39 is 5.60 Å². The minimum atomic E-state index is -0.595. The van der Waals surface area contributed by atoms with Gasteiger partial charge in [-0.15, -0.1) is 0 Å². The maximum atomic E-state index is 11.1. The molecule has 1 aliphatic rings. The number of benzene rings is 1. The van der Waals surface area contributed by atoms with Crippen LogP contribution in [-0.2, 0) is 0 Å². The van der Waals surface area contributed by atoms with E-state index in [0.717, 1.165) is 37.9 Å². The van der Waals surface area contributed by atoms with Crippen LogP contribution in [0.1, 0.15) is 36.5 Å². The Kier molecular flexibility index (Phi) is 3.93. The first-order chi connectivity index (χ1) is 8.52. The zero-order chi connectivity index (χ0) is 13.2. The van der Waals surface area contributed by atoms with E-state index >= 15 is 0 Å². The number of hydrogen-bond donors (Lipinski definition) is 1. The zero-order valence-corrected chi connectivity index (χ0v) is 11.3. The number of aldehydes is 1. The first-order valence-corrected chi connectivity index (χ1v) is 6.62. The van der Waals surface area contributed by atoms with E-state index in [4.69, 9.17) is 11.6 Å².